The molecule has 14 heteroatoms. The predicted molar refractivity (Wildman–Crippen MR) is 214 cm³/mol. The molecule has 0 spiro atoms. The van der Waals surface area contributed by atoms with Gasteiger partial charge in [0.2, 0.25) is 11.8 Å². The van der Waals surface area contributed by atoms with Gasteiger partial charge in [-0.2, -0.15) is 0 Å². The Labute approximate surface area is 323 Å². The molecule has 0 saturated heterocycles. The summed E-state index contributed by atoms with van der Waals surface area (Å²) in [6.45, 7) is 4.27. The molecule has 0 fully saturated rings. The summed E-state index contributed by atoms with van der Waals surface area (Å²) in [6.07, 6.45) is 2.20. The van der Waals surface area contributed by atoms with Crippen LogP contribution < -0.4 is 31.3 Å². The van der Waals surface area contributed by atoms with Crippen LogP contribution in [-0.2, 0) is 22.7 Å². The molecule has 5 aromatic carbocycles. The van der Waals surface area contributed by atoms with Crippen molar-refractivity contribution in [2.24, 2.45) is 0 Å². The fourth-order valence-electron chi connectivity index (χ4n) is 6.62. The fraction of sp³-hybridized carbons (Fsp3) is 0.286. The number of carbonyl (C=O) groups excluding carboxylic acids is 2. The summed E-state index contributed by atoms with van der Waals surface area (Å²) in [5, 5.41) is 29.7. The Morgan fingerprint density at radius 3 is 1.30 bits per heavy atom. The van der Waals surface area contributed by atoms with Crippen molar-refractivity contribution in [1.82, 2.24) is 10.6 Å². The molecule has 0 aliphatic rings. The molecule has 0 bridgehead atoms. The van der Waals surface area contributed by atoms with Crippen LogP contribution in [0, 0.1) is 20.2 Å². The molecule has 14 nitrogen and oxygen atoms in total. The SMILES string of the molecule is CCCCN(c1c(N(CCCC)C(C(=O)NCc2ccccc2)c2cccc([N+](=O)[O-])c2)c(=O)c1=O)C(C(=O)NCc1ccccc1)c1cccc([N+](=O)[O-])c1. The van der Waals surface area contributed by atoms with E-state index in [1.54, 1.807) is 12.1 Å². The topological polar surface area (TPSA) is 185 Å². The molecule has 0 radical (unpaired) electrons. The van der Waals surface area contributed by atoms with Gasteiger partial charge in [0.25, 0.3) is 22.2 Å². The van der Waals surface area contributed by atoms with Crippen molar-refractivity contribution in [3.63, 3.8) is 0 Å². The van der Waals surface area contributed by atoms with Crippen LogP contribution in [0.3, 0.4) is 0 Å². The molecular weight excluding hydrogens is 716 g/mol. The second-order valence-electron chi connectivity index (χ2n) is 13.4. The third-order valence-electron chi connectivity index (χ3n) is 9.47. The number of nitrogens with zero attached hydrogens (tertiary/aromatic N) is 4. The van der Waals surface area contributed by atoms with Gasteiger partial charge in [-0.1, -0.05) is 112 Å². The highest BCUT2D eigenvalue weighted by Gasteiger charge is 2.41. The first kappa shape index (κ1) is 40.5. The molecule has 2 N–H and O–H groups in total. The van der Waals surface area contributed by atoms with Crippen LogP contribution in [0.25, 0.3) is 0 Å². The number of unbranched alkanes of at least 4 members (excludes halogenated alkanes) is 2. The standard InChI is InChI=1S/C42H44N6O8/c1-3-5-23-45(35(31-19-13-21-33(25-31)47(53)54)41(51)43-27-29-15-9-7-10-16-29)37-38(40(50)39(37)49)46(24-6-4-2)36(32-20-14-22-34(26-32)48(55)56)42(52)44-28-30-17-11-8-12-18-30/h7-22,25-26,35-36H,3-6,23-24,27-28H2,1-2H3,(H,43,51)(H,44,52). The smallest absolute Gasteiger partial charge is 0.269 e. The maximum absolute atomic E-state index is 14.4. The van der Waals surface area contributed by atoms with Gasteiger partial charge in [-0.05, 0) is 35.1 Å². The van der Waals surface area contributed by atoms with E-state index in [9.17, 15) is 39.4 Å². The first-order valence-corrected chi connectivity index (χ1v) is 18.5. The van der Waals surface area contributed by atoms with E-state index < -0.39 is 44.6 Å². The van der Waals surface area contributed by atoms with Gasteiger partial charge in [0.1, 0.15) is 23.5 Å². The maximum atomic E-state index is 14.4. The van der Waals surface area contributed by atoms with Crippen LogP contribution in [0.15, 0.2) is 119 Å². The average Bonchev–Trinajstić information content (AvgIpc) is 3.22. The Balaban J connectivity index is 1.68. The minimum absolute atomic E-state index is 0.101. The van der Waals surface area contributed by atoms with E-state index in [0.29, 0.717) is 25.7 Å². The van der Waals surface area contributed by atoms with E-state index in [4.69, 9.17) is 0 Å². The lowest BCUT2D eigenvalue weighted by atomic mass is 9.97. The van der Waals surface area contributed by atoms with E-state index in [0.717, 1.165) is 11.1 Å². The number of nitrogens with one attached hydrogen (secondary N) is 2. The number of rotatable bonds is 20. The van der Waals surface area contributed by atoms with Gasteiger partial charge in [-0.3, -0.25) is 39.4 Å². The second-order valence-corrected chi connectivity index (χ2v) is 13.4. The molecule has 0 aromatic heterocycles. The predicted octanol–water partition coefficient (Wildman–Crippen LogP) is 6.43. The molecule has 2 unspecified atom stereocenters. The van der Waals surface area contributed by atoms with E-state index in [2.05, 4.69) is 10.6 Å². The van der Waals surface area contributed by atoms with E-state index in [1.165, 1.54) is 46.2 Å². The summed E-state index contributed by atoms with van der Waals surface area (Å²) in [6, 6.07) is 26.8. The van der Waals surface area contributed by atoms with Crippen molar-refractivity contribution in [2.45, 2.75) is 64.7 Å². The molecule has 5 aromatic rings. The lowest BCUT2D eigenvalue weighted by Gasteiger charge is -2.39. The summed E-state index contributed by atoms with van der Waals surface area (Å²) < 4.78 is 0. The first-order chi connectivity index (χ1) is 27.0. The van der Waals surface area contributed by atoms with Gasteiger partial charge < -0.3 is 20.4 Å². The zero-order valence-corrected chi connectivity index (χ0v) is 31.3. The largest absolute Gasteiger partial charge is 0.351 e. The van der Waals surface area contributed by atoms with Gasteiger partial charge in [0.05, 0.1) is 9.85 Å². The first-order valence-electron chi connectivity index (χ1n) is 18.5. The van der Waals surface area contributed by atoms with Crippen LogP contribution in [0.1, 0.15) is 73.9 Å². The minimum atomic E-state index is -1.30. The third-order valence-corrected chi connectivity index (χ3v) is 9.47. The summed E-state index contributed by atoms with van der Waals surface area (Å²) in [5.41, 5.74) is -0.510. The highest BCUT2D eigenvalue weighted by molar-refractivity contribution is 5.92. The summed E-state index contributed by atoms with van der Waals surface area (Å²) in [5.74, 6) is -1.14. The monoisotopic (exact) mass is 760 g/mol. The molecule has 0 aliphatic heterocycles. The van der Waals surface area contributed by atoms with Crippen LogP contribution in [0.5, 0.6) is 0 Å². The highest BCUT2D eigenvalue weighted by atomic mass is 16.6. The van der Waals surface area contributed by atoms with Gasteiger partial charge in [0.15, 0.2) is 0 Å². The molecule has 0 heterocycles. The van der Waals surface area contributed by atoms with Crippen molar-refractivity contribution in [2.75, 3.05) is 22.9 Å². The quantitative estimate of drug-likeness (QED) is 0.0509. The number of nitro benzene ring substituents is 2. The summed E-state index contributed by atoms with van der Waals surface area (Å²) >= 11 is 0. The molecule has 56 heavy (non-hydrogen) atoms. The van der Waals surface area contributed by atoms with Gasteiger partial charge in [0, 0.05) is 50.4 Å². The molecule has 2 amide bonds. The molecule has 0 aliphatic carbocycles. The maximum Gasteiger partial charge on any atom is 0.269 e. The Kier molecular flexibility index (Phi) is 13.8. The lowest BCUT2D eigenvalue weighted by Crippen LogP contribution is -2.52. The zero-order valence-electron chi connectivity index (χ0n) is 31.3. The van der Waals surface area contributed by atoms with E-state index >= 15 is 0 Å². The summed E-state index contributed by atoms with van der Waals surface area (Å²) in [7, 11) is 0. The molecule has 5 rings (SSSR count). The number of non-ortho nitro benzene ring substituents is 2. The Morgan fingerprint density at radius 2 is 0.964 bits per heavy atom. The van der Waals surface area contributed by atoms with Gasteiger partial charge in [-0.15, -0.1) is 0 Å². The van der Waals surface area contributed by atoms with Crippen LogP contribution in [0.4, 0.5) is 22.7 Å². The van der Waals surface area contributed by atoms with Crippen molar-refractivity contribution in [1.29, 1.82) is 0 Å². The van der Waals surface area contributed by atoms with Crippen molar-refractivity contribution >= 4 is 34.6 Å². The van der Waals surface area contributed by atoms with Crippen molar-refractivity contribution < 1.29 is 19.4 Å². The molecule has 290 valence electrons. The van der Waals surface area contributed by atoms with Crippen LogP contribution in [-0.4, -0.2) is 34.8 Å². The number of hydrogen-bond donors (Lipinski definition) is 2. The molecular formula is C42H44N6O8. The van der Waals surface area contributed by atoms with E-state index in [1.807, 2.05) is 74.5 Å². The Morgan fingerprint density at radius 1 is 0.589 bits per heavy atom. The number of nitro groups is 2. The average molecular weight is 761 g/mol. The van der Waals surface area contributed by atoms with Crippen LogP contribution >= 0.6 is 0 Å². The Hall–Kier alpha value is -6.70. The van der Waals surface area contributed by atoms with Crippen molar-refractivity contribution in [3.8, 4) is 0 Å². The number of anilines is 2. The van der Waals surface area contributed by atoms with Gasteiger partial charge in [-0.25, -0.2) is 0 Å². The van der Waals surface area contributed by atoms with Crippen LogP contribution in [0.2, 0.25) is 0 Å². The Bertz CT molecular complexity index is 2070. The van der Waals surface area contributed by atoms with E-state index in [-0.39, 0.29) is 60.1 Å². The molecule has 0 saturated carbocycles. The number of carbonyl (C=O) groups is 2. The summed E-state index contributed by atoms with van der Waals surface area (Å²) in [4.78, 5) is 82.4. The van der Waals surface area contributed by atoms with Crippen molar-refractivity contribution in [3.05, 3.63) is 172 Å². The normalized spacial score (nSPS) is 12.0. The third kappa shape index (κ3) is 9.50. The van der Waals surface area contributed by atoms with Gasteiger partial charge >= 0.3 is 0 Å². The molecule has 2 atom stereocenters. The second kappa shape index (κ2) is 19.1. The zero-order chi connectivity index (χ0) is 40.2. The fourth-order valence-corrected chi connectivity index (χ4v) is 6.62. The number of hydrogen-bond acceptors (Lipinski definition) is 10. The minimum Gasteiger partial charge on any atom is -0.351 e. The number of benzene rings is 4. The highest BCUT2D eigenvalue weighted by Crippen LogP contribution is 2.38. The lowest BCUT2D eigenvalue weighted by molar-refractivity contribution is -0.385. The number of amides is 2.